The largest absolute Gasteiger partial charge is 0.482 e. The van der Waals surface area contributed by atoms with Crippen LogP contribution in [0.5, 0.6) is 5.75 Å². The first-order chi connectivity index (χ1) is 18.2. The molecule has 0 saturated carbocycles. The molecule has 3 rings (SSSR count). The Hall–Kier alpha value is -3.83. The second-order valence-corrected chi connectivity index (χ2v) is 9.41. The fourth-order valence-electron chi connectivity index (χ4n) is 3.49. The zero-order chi connectivity index (χ0) is 27.8. The molecule has 2 aromatic carbocycles. The van der Waals surface area contributed by atoms with E-state index in [0.717, 1.165) is 5.56 Å². The maximum Gasteiger partial charge on any atom is 0.337 e. The number of rotatable bonds is 11. The molecule has 1 atom stereocenters. The van der Waals surface area contributed by atoms with Crippen LogP contribution in [0.1, 0.15) is 45.1 Å². The van der Waals surface area contributed by atoms with Crippen molar-refractivity contribution in [2.75, 3.05) is 25.3 Å². The molecule has 3 aromatic rings. The van der Waals surface area contributed by atoms with E-state index in [4.69, 9.17) is 25.8 Å². The first-order valence-corrected chi connectivity index (χ1v) is 12.7. The first kappa shape index (κ1) is 28.7. The van der Waals surface area contributed by atoms with E-state index in [9.17, 15) is 14.4 Å². The summed E-state index contributed by atoms with van der Waals surface area (Å²) in [4.78, 5) is 36.7. The molecule has 0 aliphatic carbocycles. The van der Waals surface area contributed by atoms with Crippen molar-refractivity contribution in [3.8, 4) is 5.75 Å². The molecule has 0 aliphatic heterocycles. The van der Waals surface area contributed by atoms with E-state index in [2.05, 4.69) is 22.1 Å². The highest BCUT2D eigenvalue weighted by Crippen LogP contribution is 2.28. The van der Waals surface area contributed by atoms with Crippen LogP contribution in [-0.2, 0) is 20.8 Å². The quantitative estimate of drug-likeness (QED) is 0.199. The number of hydrogen-bond acceptors (Lipinski definition) is 9. The summed E-state index contributed by atoms with van der Waals surface area (Å²) >= 11 is 7.21. The average molecular weight is 559 g/mol. The molecular weight excluding hydrogens is 532 g/mol. The fraction of sp³-hybridized carbons (Fsp3) is 0.269. The molecule has 0 radical (unpaired) electrons. The number of allylic oxidation sites excluding steroid dienone is 1. The number of halogens is 1. The number of aromatic nitrogens is 3. The van der Waals surface area contributed by atoms with Crippen molar-refractivity contribution in [3.63, 3.8) is 0 Å². The van der Waals surface area contributed by atoms with Crippen molar-refractivity contribution in [1.29, 1.82) is 0 Å². The van der Waals surface area contributed by atoms with Gasteiger partial charge in [0.05, 0.1) is 31.1 Å². The summed E-state index contributed by atoms with van der Waals surface area (Å²) in [6, 6.07) is 9.51. The van der Waals surface area contributed by atoms with Crippen molar-refractivity contribution < 1.29 is 28.6 Å². The Kier molecular flexibility index (Phi) is 9.91. The molecule has 0 saturated heterocycles. The van der Waals surface area contributed by atoms with Crippen LogP contribution in [0.15, 0.2) is 54.2 Å². The number of esters is 2. The van der Waals surface area contributed by atoms with Crippen LogP contribution in [0.4, 0.5) is 5.69 Å². The minimum Gasteiger partial charge on any atom is -0.482 e. The molecule has 1 aromatic heterocycles. The fourth-order valence-corrected chi connectivity index (χ4v) is 4.48. The number of nitrogens with zero attached hydrogens (tertiary/aromatic N) is 3. The van der Waals surface area contributed by atoms with E-state index < -0.39 is 18.0 Å². The Balaban J connectivity index is 1.73. The molecule has 1 unspecified atom stereocenters. The van der Waals surface area contributed by atoms with Gasteiger partial charge in [0.1, 0.15) is 5.75 Å². The monoisotopic (exact) mass is 558 g/mol. The number of aryl methyl sites for hydroxylation is 1. The lowest BCUT2D eigenvalue weighted by molar-refractivity contribution is -0.113. The lowest BCUT2D eigenvalue weighted by atomic mass is 10.1. The Morgan fingerprint density at radius 1 is 1.11 bits per heavy atom. The Bertz CT molecular complexity index is 1330. The Morgan fingerprint density at radius 2 is 1.76 bits per heavy atom. The van der Waals surface area contributed by atoms with E-state index in [-0.39, 0.29) is 28.5 Å². The molecule has 0 aliphatic rings. The van der Waals surface area contributed by atoms with Crippen LogP contribution in [0, 0.1) is 6.92 Å². The van der Waals surface area contributed by atoms with Gasteiger partial charge in [-0.15, -0.1) is 16.8 Å². The smallest absolute Gasteiger partial charge is 0.337 e. The Morgan fingerprint density at radius 3 is 2.34 bits per heavy atom. The highest BCUT2D eigenvalue weighted by atomic mass is 35.5. The summed E-state index contributed by atoms with van der Waals surface area (Å²) in [5, 5.41) is 12.3. The van der Waals surface area contributed by atoms with E-state index in [0.29, 0.717) is 28.3 Å². The summed E-state index contributed by atoms with van der Waals surface area (Å²) < 4.78 is 17.4. The summed E-state index contributed by atoms with van der Waals surface area (Å²) in [6.07, 6.45) is 1.26. The van der Waals surface area contributed by atoms with Crippen LogP contribution in [-0.4, -0.2) is 52.6 Å². The number of carbonyl (C=O) groups excluding carboxylic acids is 3. The van der Waals surface area contributed by atoms with Gasteiger partial charge in [-0.1, -0.05) is 29.4 Å². The van der Waals surface area contributed by atoms with Crippen molar-refractivity contribution in [2.45, 2.75) is 31.7 Å². The summed E-state index contributed by atoms with van der Waals surface area (Å²) in [5.41, 5.74) is 1.32. The normalized spacial score (nSPS) is 11.4. The average Bonchev–Trinajstić information content (AvgIpc) is 3.30. The van der Waals surface area contributed by atoms with Gasteiger partial charge in [-0.3, -0.25) is 9.36 Å². The second kappa shape index (κ2) is 13.1. The first-order valence-electron chi connectivity index (χ1n) is 11.4. The molecule has 0 spiro atoms. The molecule has 0 bridgehead atoms. The molecule has 1 amide bonds. The zero-order valence-electron chi connectivity index (χ0n) is 21.3. The van der Waals surface area contributed by atoms with Gasteiger partial charge in [0.25, 0.3) is 0 Å². The SMILES string of the molecule is C=CCn1c(SCC(=O)Nc2cc(C(=O)OC)cc(C(=O)OC)c2)nnc1C(C)Oc1ccc(Cl)cc1C. The summed E-state index contributed by atoms with van der Waals surface area (Å²) in [7, 11) is 2.44. The third kappa shape index (κ3) is 7.14. The van der Waals surface area contributed by atoms with Gasteiger partial charge >= 0.3 is 11.9 Å². The number of methoxy groups -OCH3 is 2. The van der Waals surface area contributed by atoms with E-state index in [1.54, 1.807) is 18.2 Å². The summed E-state index contributed by atoms with van der Waals surface area (Å²) in [5.74, 6) is -0.480. The lowest BCUT2D eigenvalue weighted by Gasteiger charge is -2.17. The van der Waals surface area contributed by atoms with Gasteiger partial charge in [-0.25, -0.2) is 9.59 Å². The molecule has 1 heterocycles. The van der Waals surface area contributed by atoms with E-state index in [1.807, 2.05) is 24.5 Å². The third-order valence-corrected chi connectivity index (χ3v) is 6.45. The van der Waals surface area contributed by atoms with Crippen LogP contribution in [0.2, 0.25) is 5.02 Å². The maximum absolute atomic E-state index is 12.7. The van der Waals surface area contributed by atoms with Crippen molar-refractivity contribution in [3.05, 3.63) is 76.6 Å². The van der Waals surface area contributed by atoms with Gasteiger partial charge < -0.3 is 19.5 Å². The van der Waals surface area contributed by atoms with Gasteiger partial charge in [-0.2, -0.15) is 0 Å². The molecule has 200 valence electrons. The van der Waals surface area contributed by atoms with E-state index in [1.165, 1.54) is 44.2 Å². The second-order valence-electron chi connectivity index (χ2n) is 8.03. The van der Waals surface area contributed by atoms with Crippen LogP contribution in [0.3, 0.4) is 0 Å². The Labute approximate surface area is 229 Å². The van der Waals surface area contributed by atoms with Crippen molar-refractivity contribution >= 4 is 46.9 Å². The third-order valence-electron chi connectivity index (χ3n) is 5.25. The number of hydrogen-bond donors (Lipinski definition) is 1. The molecular formula is C26H27ClN4O6S. The predicted octanol–water partition coefficient (Wildman–Crippen LogP) is 4.87. The number of benzene rings is 2. The van der Waals surface area contributed by atoms with Crippen LogP contribution < -0.4 is 10.1 Å². The maximum atomic E-state index is 12.7. The molecule has 0 fully saturated rings. The zero-order valence-corrected chi connectivity index (χ0v) is 22.9. The topological polar surface area (TPSA) is 122 Å². The standard InChI is InChI=1S/C26H27ClN4O6S/c1-6-9-31-23(16(3)37-21-8-7-19(27)10-15(21)2)29-30-26(31)38-14-22(32)28-20-12-17(24(33)35-4)11-18(13-20)25(34)36-5/h6-8,10-13,16H,1,9,14H2,2-5H3,(H,28,32). The van der Waals surface area contributed by atoms with Crippen molar-refractivity contribution in [2.24, 2.45) is 0 Å². The lowest BCUT2D eigenvalue weighted by Crippen LogP contribution is -2.17. The molecule has 10 nitrogen and oxygen atoms in total. The van der Waals surface area contributed by atoms with Gasteiger partial charge in [0, 0.05) is 17.3 Å². The molecule has 1 N–H and O–H groups in total. The highest BCUT2D eigenvalue weighted by molar-refractivity contribution is 7.99. The number of nitrogens with one attached hydrogen (secondary N) is 1. The number of amides is 1. The minimum absolute atomic E-state index is 0.0170. The van der Waals surface area contributed by atoms with Crippen LogP contribution >= 0.6 is 23.4 Å². The number of ether oxygens (including phenoxy) is 3. The minimum atomic E-state index is -0.657. The number of carbonyl (C=O) groups is 3. The molecule has 12 heteroatoms. The van der Waals surface area contributed by atoms with Gasteiger partial charge in [-0.05, 0) is 55.8 Å². The van der Waals surface area contributed by atoms with E-state index >= 15 is 0 Å². The summed E-state index contributed by atoms with van der Waals surface area (Å²) in [6.45, 7) is 7.96. The van der Waals surface area contributed by atoms with Crippen LogP contribution in [0.25, 0.3) is 0 Å². The highest BCUT2D eigenvalue weighted by Gasteiger charge is 2.21. The predicted molar refractivity (Wildman–Crippen MR) is 144 cm³/mol. The number of anilines is 1. The molecule has 38 heavy (non-hydrogen) atoms. The number of thioether (sulfide) groups is 1. The van der Waals surface area contributed by atoms with Crippen molar-refractivity contribution in [1.82, 2.24) is 14.8 Å². The van der Waals surface area contributed by atoms with Gasteiger partial charge in [0.15, 0.2) is 17.1 Å². The van der Waals surface area contributed by atoms with Gasteiger partial charge in [0.2, 0.25) is 5.91 Å².